The van der Waals surface area contributed by atoms with Crippen LogP contribution in [0.1, 0.15) is 33.1 Å². The zero-order valence-electron chi connectivity index (χ0n) is 12.9. The second-order valence-electron chi connectivity index (χ2n) is 6.01. The lowest BCUT2D eigenvalue weighted by Crippen LogP contribution is -2.43. The summed E-state index contributed by atoms with van der Waals surface area (Å²) in [5.41, 5.74) is 0. The van der Waals surface area contributed by atoms with E-state index in [4.69, 9.17) is 9.47 Å². The van der Waals surface area contributed by atoms with Crippen LogP contribution in [-0.2, 0) is 14.3 Å². The molecule has 1 saturated carbocycles. The fraction of sp³-hybridized carbons (Fsp3) is 0.688. The Bertz CT molecular complexity index is 439. The number of hydrogen-bond donors (Lipinski definition) is 1. The summed E-state index contributed by atoms with van der Waals surface area (Å²) >= 11 is 0. The minimum Gasteiger partial charge on any atom is -0.490 e. The van der Waals surface area contributed by atoms with Gasteiger partial charge in [0, 0.05) is 24.5 Å². The highest BCUT2D eigenvalue weighted by Crippen LogP contribution is 2.29. The molecule has 0 amide bonds. The molecule has 1 N–H and O–H groups in total. The number of carbonyl (C=O) groups is 1. The molecular formula is C16H24FNO3. The SMILES string of the molecule is CN[C@H]1C[C@@H](OC2=CC(F)CC(OCC(=O)C(C)C)=C2)C1. The Morgan fingerprint density at radius 1 is 1.48 bits per heavy atom. The average Bonchev–Trinajstić information content (AvgIpc) is 2.39. The summed E-state index contributed by atoms with van der Waals surface area (Å²) < 4.78 is 24.9. The van der Waals surface area contributed by atoms with Gasteiger partial charge in [0.1, 0.15) is 30.4 Å². The predicted molar refractivity (Wildman–Crippen MR) is 78.4 cm³/mol. The molecule has 0 spiro atoms. The van der Waals surface area contributed by atoms with Crippen molar-refractivity contribution < 1.29 is 18.7 Å². The molecule has 1 atom stereocenters. The van der Waals surface area contributed by atoms with Gasteiger partial charge in [0.2, 0.25) is 0 Å². The molecule has 1 fully saturated rings. The van der Waals surface area contributed by atoms with Gasteiger partial charge in [0.25, 0.3) is 0 Å². The minimum atomic E-state index is -1.12. The summed E-state index contributed by atoms with van der Waals surface area (Å²) in [4.78, 5) is 11.6. The number of ketones is 1. The molecular weight excluding hydrogens is 273 g/mol. The second-order valence-corrected chi connectivity index (χ2v) is 6.01. The number of ether oxygens (including phenoxy) is 2. The van der Waals surface area contributed by atoms with Crippen LogP contribution >= 0.6 is 0 Å². The van der Waals surface area contributed by atoms with E-state index in [1.54, 1.807) is 6.08 Å². The van der Waals surface area contributed by atoms with Gasteiger partial charge in [0.05, 0.1) is 0 Å². The fourth-order valence-electron chi connectivity index (χ4n) is 2.29. The van der Waals surface area contributed by atoms with E-state index in [0.717, 1.165) is 12.8 Å². The maximum absolute atomic E-state index is 13.7. The standard InChI is InChI=1S/C16H24FNO3/c1-10(2)16(19)9-20-13-4-11(17)5-14(8-13)21-15-6-12(7-15)18-3/h5,8,10-12,15,18H,4,6-7,9H2,1-3H3/t11?,12-,15+. The van der Waals surface area contributed by atoms with Gasteiger partial charge in [-0.15, -0.1) is 0 Å². The van der Waals surface area contributed by atoms with E-state index in [-0.39, 0.29) is 30.8 Å². The van der Waals surface area contributed by atoms with Gasteiger partial charge in [-0.05, 0) is 26.0 Å². The van der Waals surface area contributed by atoms with Crippen LogP contribution in [0, 0.1) is 5.92 Å². The van der Waals surface area contributed by atoms with E-state index in [1.165, 1.54) is 6.08 Å². The maximum Gasteiger partial charge on any atom is 0.172 e. The molecule has 0 aromatic rings. The van der Waals surface area contributed by atoms with Crippen LogP contribution in [-0.4, -0.2) is 37.8 Å². The molecule has 0 aromatic heterocycles. The number of nitrogens with one attached hydrogen (secondary N) is 1. The number of rotatable bonds is 7. The van der Waals surface area contributed by atoms with Gasteiger partial charge in [-0.2, -0.15) is 0 Å². The van der Waals surface area contributed by atoms with Crippen molar-refractivity contribution in [2.75, 3.05) is 13.7 Å². The predicted octanol–water partition coefficient (Wildman–Crippen LogP) is 2.50. The van der Waals surface area contributed by atoms with Crippen molar-refractivity contribution in [1.82, 2.24) is 5.32 Å². The Kier molecular flexibility index (Phi) is 5.39. The molecule has 1 unspecified atom stereocenters. The lowest BCUT2D eigenvalue weighted by atomic mass is 9.89. The van der Waals surface area contributed by atoms with E-state index in [9.17, 15) is 9.18 Å². The number of allylic oxidation sites excluding steroid dienone is 3. The van der Waals surface area contributed by atoms with Crippen molar-refractivity contribution in [1.29, 1.82) is 0 Å². The van der Waals surface area contributed by atoms with Crippen LogP contribution in [0.25, 0.3) is 0 Å². The van der Waals surface area contributed by atoms with Crippen molar-refractivity contribution in [2.24, 2.45) is 5.92 Å². The van der Waals surface area contributed by atoms with Crippen LogP contribution in [0.4, 0.5) is 4.39 Å². The smallest absolute Gasteiger partial charge is 0.172 e. The molecule has 5 heteroatoms. The first-order chi connectivity index (χ1) is 9.97. The van der Waals surface area contributed by atoms with Crippen molar-refractivity contribution in [3.05, 3.63) is 23.7 Å². The maximum atomic E-state index is 13.7. The normalized spacial score (nSPS) is 28.5. The zero-order valence-corrected chi connectivity index (χ0v) is 12.9. The van der Waals surface area contributed by atoms with Crippen molar-refractivity contribution in [2.45, 2.75) is 51.4 Å². The first-order valence-electron chi connectivity index (χ1n) is 7.53. The summed E-state index contributed by atoms with van der Waals surface area (Å²) in [7, 11) is 1.93. The fourth-order valence-corrected chi connectivity index (χ4v) is 2.29. The number of hydrogen-bond acceptors (Lipinski definition) is 4. The summed E-state index contributed by atoms with van der Waals surface area (Å²) in [6, 6.07) is 0.490. The quantitative estimate of drug-likeness (QED) is 0.784. The van der Waals surface area contributed by atoms with Crippen molar-refractivity contribution in [3.63, 3.8) is 0 Å². The molecule has 0 saturated heterocycles. The van der Waals surface area contributed by atoms with E-state index in [2.05, 4.69) is 5.32 Å². The van der Waals surface area contributed by atoms with E-state index in [0.29, 0.717) is 17.6 Å². The highest BCUT2D eigenvalue weighted by Gasteiger charge is 2.30. The van der Waals surface area contributed by atoms with E-state index in [1.807, 2.05) is 20.9 Å². The van der Waals surface area contributed by atoms with Crippen LogP contribution in [0.5, 0.6) is 0 Å². The van der Waals surface area contributed by atoms with Gasteiger partial charge in [0.15, 0.2) is 5.78 Å². The molecule has 2 rings (SSSR count). The third-order valence-corrected chi connectivity index (χ3v) is 3.89. The lowest BCUT2D eigenvalue weighted by molar-refractivity contribution is -0.125. The van der Waals surface area contributed by atoms with Gasteiger partial charge < -0.3 is 14.8 Å². The highest BCUT2D eigenvalue weighted by molar-refractivity contribution is 5.81. The molecule has 2 aliphatic carbocycles. The van der Waals surface area contributed by atoms with Crippen LogP contribution in [0.15, 0.2) is 23.7 Å². The molecule has 21 heavy (non-hydrogen) atoms. The molecule has 2 aliphatic rings. The summed E-state index contributed by atoms with van der Waals surface area (Å²) in [6.45, 7) is 3.64. The summed E-state index contributed by atoms with van der Waals surface area (Å²) in [6.07, 6.45) is 4.23. The highest BCUT2D eigenvalue weighted by atomic mass is 19.1. The first kappa shape index (κ1) is 16.0. The van der Waals surface area contributed by atoms with Crippen LogP contribution in [0.2, 0.25) is 0 Å². The molecule has 4 nitrogen and oxygen atoms in total. The number of Topliss-reactive ketones (excluding diaryl/α,β-unsaturated/α-hetero) is 1. The van der Waals surface area contributed by atoms with E-state index < -0.39 is 6.17 Å². The Hall–Kier alpha value is -1.36. The average molecular weight is 297 g/mol. The molecule has 0 radical (unpaired) electrons. The molecule has 0 bridgehead atoms. The van der Waals surface area contributed by atoms with Crippen LogP contribution < -0.4 is 5.32 Å². The van der Waals surface area contributed by atoms with E-state index >= 15 is 0 Å². The Morgan fingerprint density at radius 2 is 2.19 bits per heavy atom. The minimum absolute atomic E-state index is 0.00520. The molecule has 118 valence electrons. The molecule has 0 aromatic carbocycles. The Balaban J connectivity index is 1.85. The van der Waals surface area contributed by atoms with Crippen molar-refractivity contribution >= 4 is 5.78 Å². The summed E-state index contributed by atoms with van der Waals surface area (Å²) in [5, 5.41) is 3.18. The van der Waals surface area contributed by atoms with Gasteiger partial charge >= 0.3 is 0 Å². The first-order valence-corrected chi connectivity index (χ1v) is 7.53. The Labute approximate surface area is 125 Å². The third-order valence-electron chi connectivity index (χ3n) is 3.89. The number of carbonyl (C=O) groups excluding carboxylic acids is 1. The van der Waals surface area contributed by atoms with Crippen LogP contribution in [0.3, 0.4) is 0 Å². The second kappa shape index (κ2) is 7.07. The molecule has 0 aliphatic heterocycles. The van der Waals surface area contributed by atoms with Gasteiger partial charge in [-0.1, -0.05) is 13.8 Å². The topological polar surface area (TPSA) is 47.6 Å². The van der Waals surface area contributed by atoms with Crippen molar-refractivity contribution in [3.8, 4) is 0 Å². The zero-order chi connectivity index (χ0) is 15.4. The Morgan fingerprint density at radius 3 is 2.81 bits per heavy atom. The largest absolute Gasteiger partial charge is 0.490 e. The number of alkyl halides is 1. The molecule has 0 heterocycles. The van der Waals surface area contributed by atoms with Gasteiger partial charge in [-0.25, -0.2) is 4.39 Å². The lowest BCUT2D eigenvalue weighted by Gasteiger charge is -2.35. The third kappa shape index (κ3) is 4.56. The van der Waals surface area contributed by atoms with Gasteiger partial charge in [-0.3, -0.25) is 4.79 Å². The summed E-state index contributed by atoms with van der Waals surface area (Å²) in [5.74, 6) is 0.938. The number of halogens is 1. The monoisotopic (exact) mass is 297 g/mol.